The third-order valence-corrected chi connectivity index (χ3v) is 6.25. The molecule has 0 N–H and O–H groups in total. The fourth-order valence-corrected chi connectivity index (χ4v) is 4.33. The Morgan fingerprint density at radius 1 is 1.18 bits per heavy atom. The molecule has 1 aromatic heterocycles. The van der Waals surface area contributed by atoms with Crippen molar-refractivity contribution in [3.05, 3.63) is 42.7 Å². The summed E-state index contributed by atoms with van der Waals surface area (Å²) in [5, 5.41) is 0. The van der Waals surface area contributed by atoms with Crippen LogP contribution < -0.4 is 9.47 Å². The van der Waals surface area contributed by atoms with Crippen molar-refractivity contribution in [3.8, 4) is 11.8 Å². The predicted molar refractivity (Wildman–Crippen MR) is 102 cm³/mol. The number of hydrogen-bond acceptors (Lipinski definition) is 7. The summed E-state index contributed by atoms with van der Waals surface area (Å²) in [5.74, 6) is 0.172. The molecule has 1 aliphatic heterocycles. The van der Waals surface area contributed by atoms with E-state index in [1.54, 1.807) is 35.2 Å². The molecule has 0 saturated carbocycles. The third kappa shape index (κ3) is 4.98. The van der Waals surface area contributed by atoms with Gasteiger partial charge in [0.25, 0.3) is 11.8 Å². The molecule has 1 amide bonds. The van der Waals surface area contributed by atoms with Crippen molar-refractivity contribution in [1.29, 1.82) is 0 Å². The Hall–Kier alpha value is -2.68. The number of nitrogens with zero attached hydrogens (tertiary/aromatic N) is 3. The second-order valence-corrected chi connectivity index (χ2v) is 8.58. The van der Waals surface area contributed by atoms with E-state index >= 15 is 0 Å². The number of amides is 1. The van der Waals surface area contributed by atoms with Crippen molar-refractivity contribution in [3.63, 3.8) is 0 Å². The molecular formula is C19H23N3O5S. The van der Waals surface area contributed by atoms with Gasteiger partial charge in [-0.15, -0.1) is 0 Å². The molecule has 150 valence electrons. The van der Waals surface area contributed by atoms with E-state index in [1.165, 1.54) is 19.5 Å². The van der Waals surface area contributed by atoms with Crippen LogP contribution >= 0.6 is 0 Å². The monoisotopic (exact) mass is 405 g/mol. The molecule has 1 atom stereocenters. The number of benzene rings is 1. The molecule has 3 rings (SSSR count). The van der Waals surface area contributed by atoms with E-state index in [-0.39, 0.29) is 35.0 Å². The maximum atomic E-state index is 12.6. The topological polar surface area (TPSA) is 98.7 Å². The first kappa shape index (κ1) is 20.1. The van der Waals surface area contributed by atoms with Gasteiger partial charge in [-0.25, -0.2) is 18.4 Å². The van der Waals surface area contributed by atoms with Crippen molar-refractivity contribution >= 4 is 15.7 Å². The number of carbonyl (C=O) groups excluding carboxylic acids is 1. The summed E-state index contributed by atoms with van der Waals surface area (Å²) in [4.78, 5) is 22.6. The van der Waals surface area contributed by atoms with Crippen molar-refractivity contribution in [2.24, 2.45) is 0 Å². The minimum Gasteiger partial charge on any atom is -0.477 e. The molecule has 0 bridgehead atoms. The van der Waals surface area contributed by atoms with Crippen molar-refractivity contribution in [1.82, 2.24) is 14.9 Å². The molecule has 2 heterocycles. The van der Waals surface area contributed by atoms with E-state index in [0.717, 1.165) is 12.8 Å². The zero-order valence-corrected chi connectivity index (χ0v) is 16.5. The molecule has 0 aliphatic carbocycles. The molecule has 1 aliphatic rings. The smallest absolute Gasteiger partial charge is 0.278 e. The Labute approximate surface area is 164 Å². The Balaban J connectivity index is 1.57. The number of sulfone groups is 1. The minimum absolute atomic E-state index is 0.0571. The van der Waals surface area contributed by atoms with Gasteiger partial charge in [0, 0.05) is 25.4 Å². The summed E-state index contributed by atoms with van der Waals surface area (Å²) in [6.07, 6.45) is 4.26. The second kappa shape index (κ2) is 9.01. The molecule has 2 aromatic rings. The second-order valence-electron chi connectivity index (χ2n) is 6.47. The summed E-state index contributed by atoms with van der Waals surface area (Å²) in [5.41, 5.74) is 0. The van der Waals surface area contributed by atoms with Crippen LogP contribution in [0.25, 0.3) is 0 Å². The van der Waals surface area contributed by atoms with Gasteiger partial charge in [-0.2, -0.15) is 0 Å². The number of likely N-dealkylation sites (tertiary alicyclic amines) is 1. The van der Waals surface area contributed by atoms with Gasteiger partial charge in [0.15, 0.2) is 9.84 Å². The summed E-state index contributed by atoms with van der Waals surface area (Å²) in [6.45, 7) is 0.964. The number of piperidine rings is 1. The van der Waals surface area contributed by atoms with Crippen molar-refractivity contribution < 1.29 is 22.7 Å². The highest BCUT2D eigenvalue weighted by Gasteiger charge is 2.27. The Morgan fingerprint density at radius 3 is 2.61 bits per heavy atom. The summed E-state index contributed by atoms with van der Waals surface area (Å²) in [6, 6.07) is 8.17. The fourth-order valence-electron chi connectivity index (χ4n) is 3.08. The van der Waals surface area contributed by atoms with Crippen LogP contribution in [-0.2, 0) is 14.6 Å². The summed E-state index contributed by atoms with van der Waals surface area (Å²) >= 11 is 0. The standard InChI is InChI=1S/C19H23N3O5S/c1-26-18-19(21-11-10-20-18)27-15-6-5-12-22(14-15)17(23)9-13-28(24,25)16-7-3-2-4-8-16/h2-4,7-8,10-11,15H,5-6,9,12-14H2,1H3. The lowest BCUT2D eigenvalue weighted by molar-refractivity contribution is -0.133. The Bertz CT molecular complexity index is 905. The number of rotatable bonds is 7. The fraction of sp³-hybridized carbons (Fsp3) is 0.421. The highest BCUT2D eigenvalue weighted by Crippen LogP contribution is 2.24. The van der Waals surface area contributed by atoms with Gasteiger partial charge in [-0.05, 0) is 25.0 Å². The number of hydrogen-bond donors (Lipinski definition) is 0. The van der Waals surface area contributed by atoms with Crippen LogP contribution in [0.2, 0.25) is 0 Å². The number of ether oxygens (including phenoxy) is 2. The van der Waals surface area contributed by atoms with Crippen molar-refractivity contribution in [2.75, 3.05) is 26.0 Å². The van der Waals surface area contributed by atoms with E-state index in [2.05, 4.69) is 9.97 Å². The largest absolute Gasteiger partial charge is 0.477 e. The van der Waals surface area contributed by atoms with Gasteiger partial charge in [0.1, 0.15) is 6.10 Å². The van der Waals surface area contributed by atoms with Gasteiger partial charge in [-0.3, -0.25) is 4.79 Å². The molecule has 0 radical (unpaired) electrons. The molecule has 9 heteroatoms. The van der Waals surface area contributed by atoms with E-state index in [0.29, 0.717) is 19.0 Å². The number of carbonyl (C=O) groups is 1. The normalized spacial score (nSPS) is 17.2. The van der Waals surface area contributed by atoms with Gasteiger partial charge < -0.3 is 14.4 Å². The first-order valence-electron chi connectivity index (χ1n) is 9.07. The van der Waals surface area contributed by atoms with Crippen molar-refractivity contribution in [2.45, 2.75) is 30.3 Å². The quantitative estimate of drug-likeness (QED) is 0.692. The molecule has 1 fully saturated rings. The maximum absolute atomic E-state index is 12.6. The Kier molecular flexibility index (Phi) is 6.45. The zero-order chi connectivity index (χ0) is 20.0. The predicted octanol–water partition coefficient (Wildman–Crippen LogP) is 1.72. The lowest BCUT2D eigenvalue weighted by atomic mass is 10.1. The van der Waals surface area contributed by atoms with Crippen LogP contribution in [0.3, 0.4) is 0 Å². The minimum atomic E-state index is -3.48. The van der Waals surface area contributed by atoms with Gasteiger partial charge >= 0.3 is 0 Å². The molecule has 28 heavy (non-hydrogen) atoms. The first-order chi connectivity index (χ1) is 13.5. The van der Waals surface area contributed by atoms with E-state index in [4.69, 9.17) is 9.47 Å². The Morgan fingerprint density at radius 2 is 1.89 bits per heavy atom. The molecule has 1 unspecified atom stereocenters. The van der Waals surface area contributed by atoms with Crippen LogP contribution in [-0.4, -0.2) is 61.2 Å². The van der Waals surface area contributed by atoms with Crippen LogP contribution in [0.4, 0.5) is 0 Å². The van der Waals surface area contributed by atoms with E-state index < -0.39 is 9.84 Å². The number of aromatic nitrogens is 2. The SMILES string of the molecule is COc1nccnc1OC1CCCN(C(=O)CCS(=O)(=O)c2ccccc2)C1. The molecule has 8 nitrogen and oxygen atoms in total. The highest BCUT2D eigenvalue weighted by atomic mass is 32.2. The van der Waals surface area contributed by atoms with Gasteiger partial charge in [-0.1, -0.05) is 18.2 Å². The van der Waals surface area contributed by atoms with Crippen LogP contribution in [0.15, 0.2) is 47.6 Å². The van der Waals surface area contributed by atoms with Crippen LogP contribution in [0, 0.1) is 0 Å². The maximum Gasteiger partial charge on any atom is 0.278 e. The van der Waals surface area contributed by atoms with E-state index in [9.17, 15) is 13.2 Å². The molecule has 1 aromatic carbocycles. The van der Waals surface area contributed by atoms with Gasteiger partial charge in [0.05, 0.1) is 24.3 Å². The first-order valence-corrected chi connectivity index (χ1v) is 10.7. The third-order valence-electron chi connectivity index (χ3n) is 4.52. The average Bonchev–Trinajstić information content (AvgIpc) is 2.73. The number of methoxy groups -OCH3 is 1. The van der Waals surface area contributed by atoms with Crippen LogP contribution in [0.5, 0.6) is 11.8 Å². The lowest BCUT2D eigenvalue weighted by Crippen LogP contribution is -2.44. The summed E-state index contributed by atoms with van der Waals surface area (Å²) in [7, 11) is -1.99. The molecule has 0 spiro atoms. The summed E-state index contributed by atoms with van der Waals surface area (Å²) < 4.78 is 35.7. The highest BCUT2D eigenvalue weighted by molar-refractivity contribution is 7.91. The van der Waals surface area contributed by atoms with Gasteiger partial charge in [0.2, 0.25) is 5.91 Å². The van der Waals surface area contributed by atoms with Crippen LogP contribution in [0.1, 0.15) is 19.3 Å². The molecule has 1 saturated heterocycles. The zero-order valence-electron chi connectivity index (χ0n) is 15.7. The lowest BCUT2D eigenvalue weighted by Gasteiger charge is -2.32. The average molecular weight is 405 g/mol. The van der Waals surface area contributed by atoms with E-state index in [1.807, 2.05) is 0 Å². The molecular weight excluding hydrogens is 382 g/mol.